The van der Waals surface area contributed by atoms with Gasteiger partial charge in [0.05, 0.1) is 17.7 Å². The number of hydrogen-bond acceptors (Lipinski definition) is 8. The molecule has 0 bridgehead atoms. The lowest BCUT2D eigenvalue weighted by atomic mass is 9.67. The molecular weight excluding hydrogens is 550 g/mol. The zero-order chi connectivity index (χ0) is 30.6. The van der Waals surface area contributed by atoms with Gasteiger partial charge in [-0.05, 0) is 72.4 Å². The molecule has 2 N–H and O–H groups in total. The molecule has 10 nitrogen and oxygen atoms in total. The molecule has 0 amide bonds. The maximum atomic E-state index is 14.1. The van der Waals surface area contributed by atoms with E-state index in [0.29, 0.717) is 57.3 Å². The van der Waals surface area contributed by atoms with Gasteiger partial charge in [0, 0.05) is 46.9 Å². The lowest BCUT2D eigenvalue weighted by Gasteiger charge is -2.45. The Morgan fingerprint density at radius 1 is 1.07 bits per heavy atom. The number of rotatable bonds is 5. The number of nitro groups is 1. The molecule has 0 saturated carbocycles. The van der Waals surface area contributed by atoms with Crippen LogP contribution >= 0.6 is 0 Å². The first-order valence-corrected chi connectivity index (χ1v) is 13.9. The van der Waals surface area contributed by atoms with Crippen molar-refractivity contribution in [1.82, 2.24) is 0 Å². The Labute approximate surface area is 248 Å². The van der Waals surface area contributed by atoms with Gasteiger partial charge in [-0.1, -0.05) is 19.9 Å². The molecule has 3 aromatic carbocycles. The number of methoxy groups -OCH3 is 1. The molecule has 2 heterocycles. The molecule has 6 rings (SSSR count). The average Bonchev–Trinajstić information content (AvgIpc) is 3.44. The Balaban J connectivity index is 1.65. The van der Waals surface area contributed by atoms with Crippen LogP contribution in [0.4, 0.5) is 11.4 Å². The first-order chi connectivity index (χ1) is 20.5. The number of allylic oxidation sites excluding steroid dienone is 2. The number of aryl methyl sites for hydroxylation is 1. The maximum Gasteiger partial charge on any atom is 0.269 e. The van der Waals surface area contributed by atoms with Crippen LogP contribution in [-0.2, 0) is 4.79 Å². The standard InChI is InChI=1S/C33H31N3O7/c1-18-13-21(36(39)40)8-11-23(18)35-24-15-33(2,3)16-25(37)29(24)28(20-7-12-26-27(14-20)43-17-42-26)30(32(35)34)31(38)19-5-9-22(41-4)10-6-19/h5-14,28,34,38H,15-17H2,1-4H3/b31-30+,34-32?/t28-/m1/s1. The van der Waals surface area contributed by atoms with Crippen LogP contribution in [0, 0.1) is 27.9 Å². The lowest BCUT2D eigenvalue weighted by Crippen LogP contribution is -2.45. The quantitative estimate of drug-likeness (QED) is 0.190. The predicted octanol–water partition coefficient (Wildman–Crippen LogP) is 6.83. The number of Topliss-reactive ketones (excluding diaryl/α,β-unsaturated/α-hetero) is 1. The molecule has 1 atom stereocenters. The SMILES string of the molecule is COc1ccc(/C(O)=C2\C(=N)N(c3ccc([N+](=O)[O-])cc3C)C3=C(C(=O)CC(C)(C)C3)[C@H]2c2ccc3c(c2)OCO3)cc1. The topological polar surface area (TPSA) is 135 Å². The van der Waals surface area contributed by atoms with Crippen LogP contribution in [0.1, 0.15) is 49.3 Å². The summed E-state index contributed by atoms with van der Waals surface area (Å²) in [4.78, 5) is 26.9. The number of ether oxygens (including phenoxy) is 3. The summed E-state index contributed by atoms with van der Waals surface area (Å²) in [6, 6.07) is 16.7. The molecule has 0 radical (unpaired) electrons. The summed E-state index contributed by atoms with van der Waals surface area (Å²) in [7, 11) is 1.55. The highest BCUT2D eigenvalue weighted by molar-refractivity contribution is 6.20. The smallest absolute Gasteiger partial charge is 0.269 e. The van der Waals surface area contributed by atoms with Crippen molar-refractivity contribution in [3.05, 3.63) is 104 Å². The molecule has 1 aliphatic carbocycles. The van der Waals surface area contributed by atoms with Crippen molar-refractivity contribution in [3.8, 4) is 17.2 Å². The van der Waals surface area contributed by atoms with Gasteiger partial charge in [0.2, 0.25) is 6.79 Å². The van der Waals surface area contributed by atoms with Gasteiger partial charge in [0.25, 0.3) is 5.69 Å². The molecule has 2 aliphatic heterocycles. The number of hydrogen-bond donors (Lipinski definition) is 2. The van der Waals surface area contributed by atoms with Crippen LogP contribution < -0.4 is 19.1 Å². The molecule has 0 fully saturated rings. The Morgan fingerprint density at radius 3 is 2.47 bits per heavy atom. The normalized spacial score (nSPS) is 20.2. The summed E-state index contributed by atoms with van der Waals surface area (Å²) >= 11 is 0. The van der Waals surface area contributed by atoms with E-state index in [9.17, 15) is 25.4 Å². The molecule has 0 aromatic heterocycles. The van der Waals surface area contributed by atoms with Gasteiger partial charge in [-0.15, -0.1) is 0 Å². The maximum absolute atomic E-state index is 14.1. The number of nitrogens with zero attached hydrogens (tertiary/aromatic N) is 2. The van der Waals surface area contributed by atoms with Gasteiger partial charge >= 0.3 is 0 Å². The highest BCUT2D eigenvalue weighted by Crippen LogP contribution is 2.52. The lowest BCUT2D eigenvalue weighted by molar-refractivity contribution is -0.384. The number of ketones is 1. The second kappa shape index (κ2) is 10.3. The zero-order valence-electron chi connectivity index (χ0n) is 24.3. The van der Waals surface area contributed by atoms with E-state index in [1.807, 2.05) is 19.9 Å². The van der Waals surface area contributed by atoms with E-state index in [2.05, 4.69) is 0 Å². The minimum absolute atomic E-state index is 0.0304. The highest BCUT2D eigenvalue weighted by atomic mass is 16.7. The molecule has 43 heavy (non-hydrogen) atoms. The van der Waals surface area contributed by atoms with Gasteiger partial charge < -0.3 is 19.3 Å². The Morgan fingerprint density at radius 2 is 1.79 bits per heavy atom. The van der Waals surface area contributed by atoms with Gasteiger partial charge in [-0.3, -0.25) is 25.2 Å². The number of aliphatic hydroxyl groups excluding tert-OH is 1. The zero-order valence-corrected chi connectivity index (χ0v) is 24.3. The minimum Gasteiger partial charge on any atom is -0.507 e. The number of fused-ring (bicyclic) bond motifs is 1. The second-order valence-corrected chi connectivity index (χ2v) is 11.7. The number of aliphatic hydroxyl groups is 1. The van der Waals surface area contributed by atoms with Crippen molar-refractivity contribution >= 4 is 28.8 Å². The van der Waals surface area contributed by atoms with E-state index >= 15 is 0 Å². The summed E-state index contributed by atoms with van der Waals surface area (Å²) in [5.41, 5.74) is 3.07. The van der Waals surface area contributed by atoms with Crippen LogP contribution in [0.15, 0.2) is 77.5 Å². The van der Waals surface area contributed by atoms with Gasteiger partial charge in [-0.25, -0.2) is 0 Å². The number of non-ortho nitro benzene ring substituents is 1. The largest absolute Gasteiger partial charge is 0.507 e. The predicted molar refractivity (Wildman–Crippen MR) is 161 cm³/mol. The van der Waals surface area contributed by atoms with E-state index in [1.165, 1.54) is 12.1 Å². The second-order valence-electron chi connectivity index (χ2n) is 11.7. The van der Waals surface area contributed by atoms with Crippen molar-refractivity contribution in [2.24, 2.45) is 5.41 Å². The molecule has 0 saturated heterocycles. The third-order valence-corrected chi connectivity index (χ3v) is 8.20. The molecule has 0 unspecified atom stereocenters. The number of nitro benzene ring substituents is 1. The number of carbonyl (C=O) groups is 1. The monoisotopic (exact) mass is 581 g/mol. The van der Waals surface area contributed by atoms with Crippen molar-refractivity contribution in [2.75, 3.05) is 18.8 Å². The van der Waals surface area contributed by atoms with E-state index in [-0.39, 0.29) is 41.9 Å². The van der Waals surface area contributed by atoms with Gasteiger partial charge in [0.15, 0.2) is 17.3 Å². The summed E-state index contributed by atoms with van der Waals surface area (Å²) in [6.45, 7) is 5.83. The summed E-state index contributed by atoms with van der Waals surface area (Å²) in [6.07, 6.45) is 0.758. The van der Waals surface area contributed by atoms with Crippen molar-refractivity contribution in [1.29, 1.82) is 5.41 Å². The molecule has 3 aromatic rings. The third-order valence-electron chi connectivity index (χ3n) is 8.20. The Bertz CT molecular complexity index is 1750. The van der Waals surface area contributed by atoms with Gasteiger partial charge in [0.1, 0.15) is 17.3 Å². The summed E-state index contributed by atoms with van der Waals surface area (Å²) in [5.74, 6) is 0.634. The van der Waals surface area contributed by atoms with Crippen LogP contribution in [-0.4, -0.2) is 35.6 Å². The van der Waals surface area contributed by atoms with Crippen LogP contribution in [0.25, 0.3) is 5.76 Å². The van der Waals surface area contributed by atoms with E-state index in [1.54, 1.807) is 61.4 Å². The van der Waals surface area contributed by atoms with Crippen LogP contribution in [0.2, 0.25) is 0 Å². The van der Waals surface area contributed by atoms with E-state index in [0.717, 1.165) is 0 Å². The van der Waals surface area contributed by atoms with Crippen LogP contribution in [0.5, 0.6) is 17.2 Å². The average molecular weight is 582 g/mol. The van der Waals surface area contributed by atoms with Crippen LogP contribution in [0.3, 0.4) is 0 Å². The van der Waals surface area contributed by atoms with Crippen molar-refractivity contribution in [3.63, 3.8) is 0 Å². The Hall–Kier alpha value is -5.12. The fourth-order valence-corrected chi connectivity index (χ4v) is 6.21. The summed E-state index contributed by atoms with van der Waals surface area (Å²) < 4.78 is 16.5. The Kier molecular flexibility index (Phi) is 6.71. The number of carbonyl (C=O) groups excluding carboxylic acids is 1. The molecule has 10 heteroatoms. The first kappa shape index (κ1) is 28.0. The fraction of sp³-hybridized carbons (Fsp3) is 0.273. The van der Waals surface area contributed by atoms with Crippen molar-refractivity contribution in [2.45, 2.75) is 39.5 Å². The number of nitrogens with one attached hydrogen (secondary N) is 1. The number of amidine groups is 1. The number of anilines is 1. The number of benzene rings is 3. The highest BCUT2D eigenvalue weighted by Gasteiger charge is 2.47. The van der Waals surface area contributed by atoms with E-state index < -0.39 is 16.3 Å². The minimum atomic E-state index is -0.780. The molecule has 3 aliphatic rings. The molecular formula is C33H31N3O7. The van der Waals surface area contributed by atoms with E-state index in [4.69, 9.17) is 14.2 Å². The van der Waals surface area contributed by atoms with Gasteiger partial charge in [-0.2, -0.15) is 0 Å². The summed E-state index contributed by atoms with van der Waals surface area (Å²) in [5, 5.41) is 33.1. The molecule has 220 valence electrons. The first-order valence-electron chi connectivity index (χ1n) is 13.9. The molecule has 0 spiro atoms. The fourth-order valence-electron chi connectivity index (χ4n) is 6.21. The third kappa shape index (κ3) is 4.78. The van der Waals surface area contributed by atoms with Crippen molar-refractivity contribution < 1.29 is 29.0 Å².